The van der Waals surface area contributed by atoms with Crippen molar-refractivity contribution in [1.29, 1.82) is 10.5 Å². The number of nitriles is 2. The summed E-state index contributed by atoms with van der Waals surface area (Å²) in [6, 6.07) is 13.4. The minimum Gasteiger partial charge on any atom is -0.487 e. The van der Waals surface area contributed by atoms with Gasteiger partial charge in [-0.25, -0.2) is 4.39 Å². The van der Waals surface area contributed by atoms with E-state index < -0.39 is 5.82 Å². The Kier molecular flexibility index (Phi) is 3.98. The lowest BCUT2D eigenvalue weighted by Gasteiger charge is -2.10. The SMILES string of the molecule is Cc1cc(C#N)ccc1COc1cccc(F)c1C#N. The van der Waals surface area contributed by atoms with E-state index in [-0.39, 0.29) is 17.9 Å². The molecule has 0 aliphatic heterocycles. The van der Waals surface area contributed by atoms with Crippen LogP contribution >= 0.6 is 0 Å². The zero-order chi connectivity index (χ0) is 14.5. The summed E-state index contributed by atoms with van der Waals surface area (Å²) >= 11 is 0. The number of hydrogen-bond acceptors (Lipinski definition) is 3. The van der Waals surface area contributed by atoms with Crippen LogP contribution in [-0.2, 0) is 6.61 Å². The smallest absolute Gasteiger partial charge is 0.144 e. The van der Waals surface area contributed by atoms with E-state index >= 15 is 0 Å². The molecule has 0 saturated heterocycles. The van der Waals surface area contributed by atoms with Crippen molar-refractivity contribution in [3.63, 3.8) is 0 Å². The average molecular weight is 266 g/mol. The molecule has 0 aromatic heterocycles. The Morgan fingerprint density at radius 2 is 1.95 bits per heavy atom. The van der Waals surface area contributed by atoms with Crippen LogP contribution in [0.5, 0.6) is 5.75 Å². The first-order valence-electron chi connectivity index (χ1n) is 5.96. The summed E-state index contributed by atoms with van der Waals surface area (Å²) in [6.45, 7) is 2.09. The highest BCUT2D eigenvalue weighted by atomic mass is 19.1. The summed E-state index contributed by atoms with van der Waals surface area (Å²) in [4.78, 5) is 0. The van der Waals surface area contributed by atoms with E-state index in [2.05, 4.69) is 6.07 Å². The lowest BCUT2D eigenvalue weighted by Crippen LogP contribution is -2.00. The first kappa shape index (κ1) is 13.6. The molecule has 20 heavy (non-hydrogen) atoms. The van der Waals surface area contributed by atoms with Crippen LogP contribution in [0.25, 0.3) is 0 Å². The molecule has 0 spiro atoms. The van der Waals surface area contributed by atoms with Gasteiger partial charge in [-0.15, -0.1) is 0 Å². The van der Waals surface area contributed by atoms with Crippen molar-refractivity contribution in [2.24, 2.45) is 0 Å². The van der Waals surface area contributed by atoms with Crippen LogP contribution in [0, 0.1) is 35.4 Å². The van der Waals surface area contributed by atoms with Gasteiger partial charge < -0.3 is 4.74 Å². The maximum atomic E-state index is 13.4. The van der Waals surface area contributed by atoms with Crippen molar-refractivity contribution in [3.05, 3.63) is 64.5 Å². The van der Waals surface area contributed by atoms with E-state index in [4.69, 9.17) is 15.3 Å². The van der Waals surface area contributed by atoms with Gasteiger partial charge >= 0.3 is 0 Å². The molecule has 0 aliphatic rings. The Labute approximate surface area is 116 Å². The fraction of sp³-hybridized carbons (Fsp3) is 0.125. The fourth-order valence-corrected chi connectivity index (χ4v) is 1.82. The van der Waals surface area contributed by atoms with Gasteiger partial charge in [-0.1, -0.05) is 12.1 Å². The third-order valence-corrected chi connectivity index (χ3v) is 2.94. The Bertz CT molecular complexity index is 726. The third kappa shape index (κ3) is 2.76. The highest BCUT2D eigenvalue weighted by Crippen LogP contribution is 2.22. The lowest BCUT2D eigenvalue weighted by atomic mass is 10.1. The zero-order valence-corrected chi connectivity index (χ0v) is 10.9. The largest absolute Gasteiger partial charge is 0.487 e. The van der Waals surface area contributed by atoms with Crippen molar-refractivity contribution in [2.75, 3.05) is 0 Å². The van der Waals surface area contributed by atoms with Crippen LogP contribution in [0.2, 0.25) is 0 Å². The van der Waals surface area contributed by atoms with Gasteiger partial charge in [-0.3, -0.25) is 0 Å². The second kappa shape index (κ2) is 5.86. The summed E-state index contributed by atoms with van der Waals surface area (Å²) in [5.74, 6) is -0.377. The van der Waals surface area contributed by atoms with Crippen molar-refractivity contribution >= 4 is 0 Å². The molecule has 0 unspecified atom stereocenters. The molecule has 3 nitrogen and oxygen atoms in total. The second-order valence-electron chi connectivity index (χ2n) is 4.27. The highest BCUT2D eigenvalue weighted by molar-refractivity contribution is 5.44. The van der Waals surface area contributed by atoms with Crippen molar-refractivity contribution in [1.82, 2.24) is 0 Å². The lowest BCUT2D eigenvalue weighted by molar-refractivity contribution is 0.302. The average Bonchev–Trinajstić information content (AvgIpc) is 2.46. The normalized spacial score (nSPS) is 9.60. The first-order valence-corrected chi connectivity index (χ1v) is 5.96. The molecule has 0 radical (unpaired) electrons. The van der Waals surface area contributed by atoms with Crippen LogP contribution in [0.1, 0.15) is 22.3 Å². The van der Waals surface area contributed by atoms with Crippen LogP contribution in [-0.4, -0.2) is 0 Å². The monoisotopic (exact) mass is 266 g/mol. The predicted octanol–water partition coefficient (Wildman–Crippen LogP) is 3.46. The number of ether oxygens (including phenoxy) is 1. The molecule has 0 amide bonds. The van der Waals surface area contributed by atoms with E-state index in [0.29, 0.717) is 5.56 Å². The quantitative estimate of drug-likeness (QED) is 0.854. The van der Waals surface area contributed by atoms with E-state index in [1.165, 1.54) is 12.1 Å². The molecular formula is C16H11FN2O. The minimum absolute atomic E-state index is 0.0983. The van der Waals surface area contributed by atoms with Crippen molar-refractivity contribution in [3.8, 4) is 17.9 Å². The van der Waals surface area contributed by atoms with Gasteiger partial charge in [0, 0.05) is 0 Å². The number of hydrogen-bond donors (Lipinski definition) is 0. The predicted molar refractivity (Wildman–Crippen MR) is 71.3 cm³/mol. The van der Waals surface area contributed by atoms with Crippen LogP contribution < -0.4 is 4.74 Å². The van der Waals surface area contributed by atoms with Gasteiger partial charge in [0.1, 0.15) is 29.8 Å². The Morgan fingerprint density at radius 3 is 2.60 bits per heavy atom. The van der Waals surface area contributed by atoms with Gasteiger partial charge in [0.2, 0.25) is 0 Å². The standard InChI is InChI=1S/C16H11FN2O/c1-11-7-12(8-18)5-6-13(11)10-20-16-4-2-3-15(17)14(16)9-19/h2-7H,10H2,1H3. The van der Waals surface area contributed by atoms with Gasteiger partial charge in [0.05, 0.1) is 11.6 Å². The van der Waals surface area contributed by atoms with Gasteiger partial charge in [0.15, 0.2) is 0 Å². The van der Waals surface area contributed by atoms with Crippen LogP contribution in [0.15, 0.2) is 36.4 Å². The number of halogens is 1. The Balaban J connectivity index is 2.20. The topological polar surface area (TPSA) is 56.8 Å². The van der Waals surface area contributed by atoms with E-state index in [1.807, 2.05) is 6.92 Å². The Hall–Kier alpha value is -2.85. The molecule has 0 heterocycles. The van der Waals surface area contributed by atoms with Crippen molar-refractivity contribution in [2.45, 2.75) is 13.5 Å². The molecule has 0 saturated carbocycles. The maximum absolute atomic E-state index is 13.4. The van der Waals surface area contributed by atoms with E-state index in [0.717, 1.165) is 11.1 Å². The molecule has 4 heteroatoms. The molecule has 0 aliphatic carbocycles. The fourth-order valence-electron chi connectivity index (χ4n) is 1.82. The molecular weight excluding hydrogens is 255 g/mol. The molecule has 0 bridgehead atoms. The van der Waals surface area contributed by atoms with Gasteiger partial charge in [-0.2, -0.15) is 10.5 Å². The van der Waals surface area contributed by atoms with Gasteiger partial charge in [0.25, 0.3) is 0 Å². The number of aryl methyl sites for hydroxylation is 1. The second-order valence-corrected chi connectivity index (χ2v) is 4.27. The van der Waals surface area contributed by atoms with E-state index in [9.17, 15) is 4.39 Å². The first-order chi connectivity index (χ1) is 9.65. The molecule has 2 rings (SSSR count). The number of nitrogens with zero attached hydrogens (tertiary/aromatic N) is 2. The van der Waals surface area contributed by atoms with Crippen LogP contribution in [0.3, 0.4) is 0 Å². The Morgan fingerprint density at radius 1 is 1.15 bits per heavy atom. The third-order valence-electron chi connectivity index (χ3n) is 2.94. The molecule has 2 aromatic rings. The zero-order valence-electron chi connectivity index (χ0n) is 10.9. The summed E-state index contributed by atoms with van der Waals surface area (Å²) < 4.78 is 18.9. The number of benzene rings is 2. The minimum atomic E-state index is -0.596. The summed E-state index contributed by atoms with van der Waals surface area (Å²) in [5, 5.41) is 17.7. The molecule has 98 valence electrons. The van der Waals surface area contributed by atoms with Gasteiger partial charge in [-0.05, 0) is 42.3 Å². The summed E-state index contributed by atoms with van der Waals surface area (Å²) in [7, 11) is 0. The maximum Gasteiger partial charge on any atom is 0.144 e. The van der Waals surface area contributed by atoms with Crippen molar-refractivity contribution < 1.29 is 9.13 Å². The summed E-state index contributed by atoms with van der Waals surface area (Å²) in [6.07, 6.45) is 0. The molecule has 0 atom stereocenters. The molecule has 2 aromatic carbocycles. The highest BCUT2D eigenvalue weighted by Gasteiger charge is 2.09. The summed E-state index contributed by atoms with van der Waals surface area (Å²) in [5.41, 5.74) is 2.28. The number of rotatable bonds is 3. The van der Waals surface area contributed by atoms with Crippen LogP contribution in [0.4, 0.5) is 4.39 Å². The molecule has 0 fully saturated rings. The van der Waals surface area contributed by atoms with E-state index in [1.54, 1.807) is 30.3 Å². The molecule has 0 N–H and O–H groups in total.